The third-order valence-corrected chi connectivity index (χ3v) is 3.23. The number of phenols is 1. The molecule has 0 aliphatic heterocycles. The highest BCUT2D eigenvalue weighted by molar-refractivity contribution is 5.97. The fraction of sp³-hybridized carbons (Fsp3) is 0.250. The lowest BCUT2D eigenvalue weighted by Gasteiger charge is -2.08. The summed E-state index contributed by atoms with van der Waals surface area (Å²) in [5.74, 6) is -1.78. The van der Waals surface area contributed by atoms with Gasteiger partial charge in [0, 0.05) is 25.4 Å². The summed E-state index contributed by atoms with van der Waals surface area (Å²) in [6, 6.07) is 8.67. The van der Waals surface area contributed by atoms with Crippen LogP contribution in [-0.4, -0.2) is 22.1 Å². The van der Waals surface area contributed by atoms with E-state index in [1.165, 1.54) is 18.2 Å². The average molecular weight is 304 g/mol. The van der Waals surface area contributed by atoms with Crippen LogP contribution < -0.4 is 10.9 Å². The number of amides is 1. The minimum Gasteiger partial charge on any atom is -0.507 e. The summed E-state index contributed by atoms with van der Waals surface area (Å²) in [7, 11) is 0. The van der Waals surface area contributed by atoms with E-state index in [0.717, 1.165) is 6.07 Å². The second-order valence-electron chi connectivity index (χ2n) is 4.83. The fourth-order valence-electron chi connectivity index (χ4n) is 2.08. The highest BCUT2D eigenvalue weighted by Crippen LogP contribution is 2.19. The molecule has 2 rings (SSSR count). The van der Waals surface area contributed by atoms with Gasteiger partial charge in [0.2, 0.25) is 5.56 Å². The van der Waals surface area contributed by atoms with Crippen molar-refractivity contribution in [1.82, 2.24) is 9.88 Å². The van der Waals surface area contributed by atoms with Crippen LogP contribution in [0.15, 0.2) is 47.4 Å². The predicted molar refractivity (Wildman–Crippen MR) is 80.3 cm³/mol. The minimum atomic E-state index is -0.756. The van der Waals surface area contributed by atoms with Crippen LogP contribution in [0.25, 0.3) is 0 Å². The lowest BCUT2D eigenvalue weighted by molar-refractivity contribution is 0.0946. The van der Waals surface area contributed by atoms with Crippen molar-refractivity contribution in [2.75, 3.05) is 6.54 Å². The number of benzene rings is 1. The summed E-state index contributed by atoms with van der Waals surface area (Å²) in [5.41, 5.74) is -0.412. The maximum Gasteiger partial charge on any atom is 0.258 e. The van der Waals surface area contributed by atoms with E-state index >= 15 is 0 Å². The first-order valence-electron chi connectivity index (χ1n) is 7.01. The Kier molecular flexibility index (Phi) is 5.30. The van der Waals surface area contributed by atoms with Crippen molar-refractivity contribution in [2.45, 2.75) is 19.4 Å². The van der Waals surface area contributed by atoms with Crippen LogP contribution in [0, 0.1) is 5.82 Å². The van der Waals surface area contributed by atoms with Crippen molar-refractivity contribution in [3.05, 3.63) is 64.3 Å². The maximum atomic E-state index is 13.5. The number of phenolic OH excluding ortho intramolecular Hbond substituents is 1. The van der Waals surface area contributed by atoms with Crippen LogP contribution in [0.1, 0.15) is 23.2 Å². The first-order valence-corrected chi connectivity index (χ1v) is 7.01. The third-order valence-electron chi connectivity index (χ3n) is 3.23. The number of halogens is 1. The van der Waals surface area contributed by atoms with Gasteiger partial charge in [0.15, 0.2) is 0 Å². The van der Waals surface area contributed by atoms with Gasteiger partial charge < -0.3 is 15.0 Å². The molecule has 0 fully saturated rings. The number of aromatic hydroxyl groups is 1. The first kappa shape index (κ1) is 15.8. The molecule has 116 valence electrons. The molecule has 0 aliphatic rings. The van der Waals surface area contributed by atoms with E-state index < -0.39 is 11.7 Å². The second kappa shape index (κ2) is 7.40. The molecule has 0 atom stereocenters. The van der Waals surface area contributed by atoms with Gasteiger partial charge in [-0.25, -0.2) is 4.39 Å². The Labute approximate surface area is 127 Å². The number of rotatable bonds is 6. The number of nitrogens with one attached hydrogen (secondary N) is 1. The second-order valence-corrected chi connectivity index (χ2v) is 4.83. The number of carbonyl (C=O) groups excluding carboxylic acids is 1. The summed E-state index contributed by atoms with van der Waals surface area (Å²) in [5, 5.41) is 12.1. The first-order chi connectivity index (χ1) is 10.6. The van der Waals surface area contributed by atoms with Gasteiger partial charge >= 0.3 is 0 Å². The highest BCUT2D eigenvalue weighted by atomic mass is 19.1. The average Bonchev–Trinajstić information content (AvgIpc) is 2.48. The Morgan fingerprint density at radius 1 is 1.18 bits per heavy atom. The fourth-order valence-corrected chi connectivity index (χ4v) is 2.08. The zero-order valence-electron chi connectivity index (χ0n) is 12.0. The van der Waals surface area contributed by atoms with E-state index in [9.17, 15) is 19.1 Å². The molecule has 0 bridgehead atoms. The molecule has 0 saturated heterocycles. The van der Waals surface area contributed by atoms with Gasteiger partial charge in [-0.1, -0.05) is 12.1 Å². The highest BCUT2D eigenvalue weighted by Gasteiger charge is 2.15. The molecule has 0 unspecified atom stereocenters. The van der Waals surface area contributed by atoms with E-state index in [2.05, 4.69) is 5.32 Å². The van der Waals surface area contributed by atoms with Crippen LogP contribution in [-0.2, 0) is 6.54 Å². The van der Waals surface area contributed by atoms with Gasteiger partial charge in [0.05, 0.1) is 0 Å². The Morgan fingerprint density at radius 3 is 2.73 bits per heavy atom. The molecule has 5 nitrogen and oxygen atoms in total. The van der Waals surface area contributed by atoms with Crippen molar-refractivity contribution >= 4 is 5.91 Å². The molecule has 2 aromatic rings. The lowest BCUT2D eigenvalue weighted by Crippen LogP contribution is -2.26. The number of pyridine rings is 1. The maximum absolute atomic E-state index is 13.5. The number of unbranched alkanes of at least 4 members (excludes halogenated alkanes) is 1. The van der Waals surface area contributed by atoms with Crippen molar-refractivity contribution in [3.63, 3.8) is 0 Å². The molecule has 6 heteroatoms. The van der Waals surface area contributed by atoms with E-state index in [-0.39, 0.29) is 16.9 Å². The Morgan fingerprint density at radius 2 is 2.00 bits per heavy atom. The van der Waals surface area contributed by atoms with Gasteiger partial charge in [0.1, 0.15) is 17.1 Å². The molecule has 0 aliphatic carbocycles. The molecule has 1 aromatic heterocycles. The van der Waals surface area contributed by atoms with Crippen molar-refractivity contribution in [2.24, 2.45) is 0 Å². The van der Waals surface area contributed by atoms with Crippen LogP contribution in [0.4, 0.5) is 4.39 Å². The lowest BCUT2D eigenvalue weighted by atomic mass is 10.1. The van der Waals surface area contributed by atoms with Gasteiger partial charge in [-0.3, -0.25) is 9.59 Å². The minimum absolute atomic E-state index is 0.0668. The topological polar surface area (TPSA) is 71.3 Å². The van der Waals surface area contributed by atoms with Crippen molar-refractivity contribution in [1.29, 1.82) is 0 Å². The zero-order chi connectivity index (χ0) is 15.9. The summed E-state index contributed by atoms with van der Waals surface area (Å²) in [6.45, 7) is 0.898. The molecule has 0 spiro atoms. The van der Waals surface area contributed by atoms with Crippen molar-refractivity contribution < 1.29 is 14.3 Å². The number of aryl methyl sites for hydroxylation is 1. The van der Waals surface area contributed by atoms with Gasteiger partial charge in [0.25, 0.3) is 5.91 Å². The molecular formula is C16H17FN2O3. The molecule has 1 amide bonds. The van der Waals surface area contributed by atoms with Gasteiger partial charge in [-0.15, -0.1) is 0 Å². The molecule has 0 saturated carbocycles. The van der Waals surface area contributed by atoms with Gasteiger partial charge in [-0.05, 0) is 31.0 Å². The SMILES string of the molecule is O=C(NCCCCn1ccccc1=O)c1c(O)cccc1F. The number of hydrogen-bond donors (Lipinski definition) is 2. The van der Waals surface area contributed by atoms with Crippen LogP contribution in [0.3, 0.4) is 0 Å². The number of aromatic nitrogens is 1. The standard InChI is InChI=1S/C16H17FN2O3/c17-12-6-5-7-13(20)15(12)16(22)18-9-2-4-11-19-10-3-1-8-14(19)21/h1,3,5-8,10,20H,2,4,9,11H2,(H,18,22). The monoisotopic (exact) mass is 304 g/mol. The van der Waals surface area contributed by atoms with E-state index in [0.29, 0.717) is 25.9 Å². The van der Waals surface area contributed by atoms with Crippen molar-refractivity contribution in [3.8, 4) is 5.75 Å². The van der Waals surface area contributed by atoms with Crippen LogP contribution >= 0.6 is 0 Å². The van der Waals surface area contributed by atoms with E-state index in [1.807, 2.05) is 0 Å². The number of nitrogens with zero attached hydrogens (tertiary/aromatic N) is 1. The predicted octanol–water partition coefficient (Wildman–Crippen LogP) is 1.90. The Bertz CT molecular complexity index is 692. The molecular weight excluding hydrogens is 287 g/mol. The normalized spacial score (nSPS) is 10.4. The molecule has 1 aromatic carbocycles. The van der Waals surface area contributed by atoms with Gasteiger partial charge in [-0.2, -0.15) is 0 Å². The summed E-state index contributed by atoms with van der Waals surface area (Å²) in [6.07, 6.45) is 3.05. The summed E-state index contributed by atoms with van der Waals surface area (Å²) in [4.78, 5) is 23.3. The zero-order valence-corrected chi connectivity index (χ0v) is 12.0. The smallest absolute Gasteiger partial charge is 0.258 e. The third kappa shape index (κ3) is 3.94. The Hall–Kier alpha value is -2.63. The number of carbonyl (C=O) groups is 1. The summed E-state index contributed by atoms with van der Waals surface area (Å²) < 4.78 is 15.1. The quantitative estimate of drug-likeness (QED) is 0.801. The molecule has 0 radical (unpaired) electrons. The molecule has 2 N–H and O–H groups in total. The number of hydrogen-bond acceptors (Lipinski definition) is 3. The van der Waals surface area contributed by atoms with Crippen LogP contribution in [0.2, 0.25) is 0 Å². The Balaban J connectivity index is 1.78. The molecule has 22 heavy (non-hydrogen) atoms. The van der Waals surface area contributed by atoms with E-state index in [4.69, 9.17) is 0 Å². The van der Waals surface area contributed by atoms with E-state index in [1.54, 1.807) is 22.9 Å². The largest absolute Gasteiger partial charge is 0.507 e. The molecule has 1 heterocycles. The summed E-state index contributed by atoms with van der Waals surface area (Å²) >= 11 is 0. The van der Waals surface area contributed by atoms with Crippen LogP contribution in [0.5, 0.6) is 5.75 Å².